The summed E-state index contributed by atoms with van der Waals surface area (Å²) < 4.78 is 14.1. The summed E-state index contributed by atoms with van der Waals surface area (Å²) in [5.74, 6) is -0.249. The molecule has 0 fully saturated rings. The van der Waals surface area contributed by atoms with E-state index in [9.17, 15) is 4.39 Å². The highest BCUT2D eigenvalue weighted by Crippen LogP contribution is 2.27. The number of aromatic nitrogens is 1. The minimum atomic E-state index is -0.249. The number of nitrogens with two attached hydrogens (primary N) is 1. The standard InChI is InChI=1S/C13H13FIN3/c1-18(8-9-2-4-17-5-3-9)13-6-10(14)11(15)7-12(13)16/h2-7H,8,16H2,1H3. The maximum absolute atomic E-state index is 13.6. The molecule has 0 aliphatic carbocycles. The van der Waals surface area contributed by atoms with Crippen LogP contribution in [-0.4, -0.2) is 12.0 Å². The predicted octanol–water partition coefficient (Wildman–Crippen LogP) is 3.04. The van der Waals surface area contributed by atoms with Crippen molar-refractivity contribution in [3.63, 3.8) is 0 Å². The van der Waals surface area contributed by atoms with Crippen LogP contribution in [0.2, 0.25) is 0 Å². The van der Waals surface area contributed by atoms with Gasteiger partial charge >= 0.3 is 0 Å². The normalized spacial score (nSPS) is 10.4. The van der Waals surface area contributed by atoms with Gasteiger partial charge in [-0.1, -0.05) is 0 Å². The van der Waals surface area contributed by atoms with E-state index in [0.717, 1.165) is 5.56 Å². The van der Waals surface area contributed by atoms with Crippen molar-refractivity contribution in [1.82, 2.24) is 4.98 Å². The van der Waals surface area contributed by atoms with E-state index in [4.69, 9.17) is 5.73 Å². The van der Waals surface area contributed by atoms with Gasteiger partial charge in [0.1, 0.15) is 5.82 Å². The van der Waals surface area contributed by atoms with Crippen LogP contribution in [0, 0.1) is 9.39 Å². The molecule has 0 saturated heterocycles. The van der Waals surface area contributed by atoms with Gasteiger partial charge in [-0.2, -0.15) is 0 Å². The van der Waals surface area contributed by atoms with Gasteiger partial charge < -0.3 is 10.6 Å². The Morgan fingerprint density at radius 3 is 2.67 bits per heavy atom. The average Bonchev–Trinajstić information content (AvgIpc) is 2.35. The molecule has 94 valence electrons. The van der Waals surface area contributed by atoms with Gasteiger partial charge in [-0.3, -0.25) is 4.98 Å². The van der Waals surface area contributed by atoms with Crippen LogP contribution in [0.1, 0.15) is 5.56 Å². The van der Waals surface area contributed by atoms with Crippen LogP contribution < -0.4 is 10.6 Å². The first-order valence-corrected chi connectivity index (χ1v) is 6.50. The van der Waals surface area contributed by atoms with Crippen molar-refractivity contribution in [3.8, 4) is 0 Å². The third-order valence-corrected chi connectivity index (χ3v) is 3.48. The number of hydrogen-bond donors (Lipinski definition) is 1. The fraction of sp³-hybridized carbons (Fsp3) is 0.154. The zero-order valence-corrected chi connectivity index (χ0v) is 12.1. The molecule has 2 N–H and O–H groups in total. The second-order valence-electron chi connectivity index (χ2n) is 4.04. The van der Waals surface area contributed by atoms with Crippen LogP contribution in [0.15, 0.2) is 36.7 Å². The van der Waals surface area contributed by atoms with Crippen molar-refractivity contribution in [2.75, 3.05) is 17.7 Å². The molecule has 0 bridgehead atoms. The summed E-state index contributed by atoms with van der Waals surface area (Å²) in [5.41, 5.74) is 8.30. The van der Waals surface area contributed by atoms with Crippen molar-refractivity contribution in [3.05, 3.63) is 51.6 Å². The van der Waals surface area contributed by atoms with E-state index in [2.05, 4.69) is 4.98 Å². The summed E-state index contributed by atoms with van der Waals surface area (Å²) in [7, 11) is 1.89. The minimum absolute atomic E-state index is 0.249. The van der Waals surface area contributed by atoms with Crippen molar-refractivity contribution in [2.45, 2.75) is 6.54 Å². The Hall–Kier alpha value is -1.37. The van der Waals surface area contributed by atoms with Gasteiger partial charge in [0.05, 0.1) is 14.9 Å². The van der Waals surface area contributed by atoms with Crippen LogP contribution in [0.4, 0.5) is 15.8 Å². The van der Waals surface area contributed by atoms with Gasteiger partial charge in [0.15, 0.2) is 0 Å². The number of anilines is 2. The number of hydrogen-bond acceptors (Lipinski definition) is 3. The van der Waals surface area contributed by atoms with E-state index in [1.165, 1.54) is 6.07 Å². The smallest absolute Gasteiger partial charge is 0.138 e. The van der Waals surface area contributed by atoms with E-state index in [1.54, 1.807) is 18.5 Å². The number of pyridine rings is 1. The Bertz CT molecular complexity index is 545. The molecule has 18 heavy (non-hydrogen) atoms. The zero-order valence-electron chi connectivity index (χ0n) is 9.90. The highest BCUT2D eigenvalue weighted by molar-refractivity contribution is 14.1. The molecule has 5 heteroatoms. The number of benzene rings is 1. The van der Waals surface area contributed by atoms with Gasteiger partial charge in [0.2, 0.25) is 0 Å². The molecule has 0 saturated carbocycles. The highest BCUT2D eigenvalue weighted by atomic mass is 127. The lowest BCUT2D eigenvalue weighted by Gasteiger charge is -2.21. The second kappa shape index (κ2) is 5.51. The van der Waals surface area contributed by atoms with E-state index < -0.39 is 0 Å². The van der Waals surface area contributed by atoms with Gasteiger partial charge in [0.25, 0.3) is 0 Å². The lowest BCUT2D eigenvalue weighted by molar-refractivity contribution is 0.620. The Morgan fingerprint density at radius 1 is 1.33 bits per heavy atom. The summed E-state index contributed by atoms with van der Waals surface area (Å²) >= 11 is 1.93. The fourth-order valence-electron chi connectivity index (χ4n) is 1.73. The topological polar surface area (TPSA) is 42.2 Å². The number of nitrogens with zero attached hydrogens (tertiary/aromatic N) is 2. The molecule has 0 aliphatic rings. The summed E-state index contributed by atoms with van der Waals surface area (Å²) in [5, 5.41) is 0. The predicted molar refractivity (Wildman–Crippen MR) is 79.9 cm³/mol. The van der Waals surface area contributed by atoms with Gasteiger partial charge in [-0.05, 0) is 46.4 Å². The number of nitrogen functional groups attached to an aromatic ring is 1. The average molecular weight is 357 g/mol. The molecule has 0 radical (unpaired) electrons. The van der Waals surface area contributed by atoms with Crippen molar-refractivity contribution in [2.24, 2.45) is 0 Å². The van der Waals surface area contributed by atoms with E-state index in [0.29, 0.717) is 21.5 Å². The minimum Gasteiger partial charge on any atom is -0.397 e. The monoisotopic (exact) mass is 357 g/mol. The third kappa shape index (κ3) is 2.90. The second-order valence-corrected chi connectivity index (χ2v) is 5.20. The molecule has 1 aromatic carbocycles. The Balaban J connectivity index is 2.24. The first-order valence-electron chi connectivity index (χ1n) is 5.42. The molecule has 0 unspecified atom stereocenters. The molecule has 2 aromatic rings. The van der Waals surface area contributed by atoms with E-state index in [-0.39, 0.29) is 5.82 Å². The molecule has 0 aliphatic heterocycles. The van der Waals surface area contributed by atoms with Gasteiger partial charge in [-0.25, -0.2) is 4.39 Å². The Labute approximate surface area is 119 Å². The van der Waals surface area contributed by atoms with Crippen molar-refractivity contribution in [1.29, 1.82) is 0 Å². The summed E-state index contributed by atoms with van der Waals surface area (Å²) in [6.07, 6.45) is 3.47. The lowest BCUT2D eigenvalue weighted by Crippen LogP contribution is -2.18. The molecule has 0 spiro atoms. The van der Waals surface area contributed by atoms with Crippen LogP contribution in [-0.2, 0) is 6.54 Å². The molecule has 1 heterocycles. The molecule has 1 aromatic heterocycles. The zero-order chi connectivity index (χ0) is 13.1. The van der Waals surface area contributed by atoms with Crippen LogP contribution >= 0.6 is 22.6 Å². The SMILES string of the molecule is CN(Cc1ccncc1)c1cc(F)c(I)cc1N. The molecule has 0 amide bonds. The number of rotatable bonds is 3. The molecular formula is C13H13FIN3. The molecule has 0 atom stereocenters. The van der Waals surface area contributed by atoms with Gasteiger partial charge in [-0.15, -0.1) is 0 Å². The van der Waals surface area contributed by atoms with Crippen molar-refractivity contribution >= 4 is 34.0 Å². The van der Waals surface area contributed by atoms with Crippen LogP contribution in [0.25, 0.3) is 0 Å². The van der Waals surface area contributed by atoms with E-state index >= 15 is 0 Å². The van der Waals surface area contributed by atoms with Crippen LogP contribution in [0.3, 0.4) is 0 Å². The first-order chi connectivity index (χ1) is 8.58. The molecular weight excluding hydrogens is 344 g/mol. The maximum Gasteiger partial charge on any atom is 0.138 e. The highest BCUT2D eigenvalue weighted by Gasteiger charge is 2.10. The summed E-state index contributed by atoms with van der Waals surface area (Å²) in [4.78, 5) is 5.88. The molecule has 2 rings (SSSR count). The summed E-state index contributed by atoms with van der Waals surface area (Å²) in [6, 6.07) is 6.97. The Morgan fingerprint density at radius 2 is 2.00 bits per heavy atom. The quantitative estimate of drug-likeness (QED) is 0.678. The third-order valence-electron chi connectivity index (χ3n) is 2.65. The lowest BCUT2D eigenvalue weighted by atomic mass is 10.2. The Kier molecular flexibility index (Phi) is 4.00. The summed E-state index contributed by atoms with van der Waals surface area (Å²) in [6.45, 7) is 0.659. The molecule has 3 nitrogen and oxygen atoms in total. The van der Waals surface area contributed by atoms with Crippen LogP contribution in [0.5, 0.6) is 0 Å². The fourth-order valence-corrected chi connectivity index (χ4v) is 2.22. The largest absolute Gasteiger partial charge is 0.397 e. The maximum atomic E-state index is 13.6. The first kappa shape index (κ1) is 13.1. The van der Waals surface area contributed by atoms with E-state index in [1.807, 2.05) is 46.7 Å². The number of halogens is 2. The van der Waals surface area contributed by atoms with Crippen molar-refractivity contribution < 1.29 is 4.39 Å². The van der Waals surface area contributed by atoms with Gasteiger partial charge in [0, 0.05) is 32.1 Å².